The first-order valence-electron chi connectivity index (χ1n) is 7.45. The Labute approximate surface area is 142 Å². The van der Waals surface area contributed by atoms with Gasteiger partial charge in [0.25, 0.3) is 5.56 Å². The van der Waals surface area contributed by atoms with Gasteiger partial charge >= 0.3 is 0 Å². The second kappa shape index (κ2) is 6.54. The van der Waals surface area contributed by atoms with E-state index in [0.29, 0.717) is 17.7 Å². The molecule has 0 atom stereocenters. The largest absolute Gasteiger partial charge is 0.284 e. The van der Waals surface area contributed by atoms with Crippen molar-refractivity contribution in [1.29, 1.82) is 0 Å². The second-order valence-electron chi connectivity index (χ2n) is 5.28. The summed E-state index contributed by atoms with van der Waals surface area (Å²) in [5.74, 6) is -0.349. The Bertz CT molecular complexity index is 898. The highest BCUT2D eigenvalue weighted by Crippen LogP contribution is 2.23. The minimum Gasteiger partial charge on any atom is -0.284 e. The zero-order valence-electron chi connectivity index (χ0n) is 12.7. The van der Waals surface area contributed by atoms with E-state index in [2.05, 4.69) is 22.9 Å². The van der Waals surface area contributed by atoms with Gasteiger partial charge in [0.05, 0.1) is 11.3 Å². The van der Waals surface area contributed by atoms with E-state index in [4.69, 9.17) is 0 Å². The van der Waals surface area contributed by atoms with Gasteiger partial charge in [-0.15, -0.1) is 0 Å². The summed E-state index contributed by atoms with van der Waals surface area (Å²) in [5, 5.41) is 0. The minimum atomic E-state index is -0.349. The molecule has 0 spiro atoms. The molecule has 2 aromatic carbocycles. The van der Waals surface area contributed by atoms with E-state index >= 15 is 0 Å². The Morgan fingerprint density at radius 3 is 2.61 bits per heavy atom. The highest BCUT2D eigenvalue weighted by molar-refractivity contribution is 9.10. The first-order chi connectivity index (χ1) is 11.1. The van der Waals surface area contributed by atoms with Gasteiger partial charge in [0.1, 0.15) is 5.82 Å². The van der Waals surface area contributed by atoms with E-state index in [1.165, 1.54) is 12.1 Å². The molecule has 118 valence electrons. The second-order valence-corrected chi connectivity index (χ2v) is 6.14. The molecular formula is C18H16BrFN2O. The molecule has 1 aromatic heterocycles. The van der Waals surface area contributed by atoms with Crippen LogP contribution in [0.3, 0.4) is 0 Å². The first-order valence-corrected chi connectivity index (χ1v) is 8.24. The van der Waals surface area contributed by atoms with Crippen molar-refractivity contribution < 1.29 is 4.39 Å². The van der Waals surface area contributed by atoms with Crippen molar-refractivity contribution in [3.63, 3.8) is 0 Å². The van der Waals surface area contributed by atoms with E-state index in [1.807, 2.05) is 28.9 Å². The molecule has 0 amide bonds. The zero-order chi connectivity index (χ0) is 16.4. The Balaban J connectivity index is 2.24. The lowest BCUT2D eigenvalue weighted by molar-refractivity contribution is 0.535. The van der Waals surface area contributed by atoms with Crippen LogP contribution in [0, 0.1) is 5.82 Å². The zero-order valence-corrected chi connectivity index (χ0v) is 14.3. The molecule has 3 nitrogen and oxygen atoms in total. The monoisotopic (exact) mass is 374 g/mol. The molecule has 3 aromatic rings. The van der Waals surface area contributed by atoms with Crippen molar-refractivity contribution in [2.75, 3.05) is 0 Å². The number of halogens is 2. The molecule has 0 N–H and O–H groups in total. The molecule has 0 fully saturated rings. The maximum Gasteiger partial charge on any atom is 0.279 e. The van der Waals surface area contributed by atoms with Gasteiger partial charge in [0.2, 0.25) is 0 Å². The third-order valence-corrected chi connectivity index (χ3v) is 4.30. The molecule has 23 heavy (non-hydrogen) atoms. The number of rotatable bonds is 4. The Hall–Kier alpha value is -2.14. The van der Waals surface area contributed by atoms with Crippen LogP contribution in [0.1, 0.15) is 13.3 Å². The van der Waals surface area contributed by atoms with Crippen LogP contribution < -0.4 is 5.56 Å². The fourth-order valence-electron chi connectivity index (χ4n) is 2.61. The molecule has 0 aliphatic carbocycles. The van der Waals surface area contributed by atoms with Crippen LogP contribution >= 0.6 is 15.9 Å². The lowest BCUT2D eigenvalue weighted by Gasteiger charge is -2.11. The Morgan fingerprint density at radius 1 is 1.13 bits per heavy atom. The molecule has 0 aliphatic heterocycles. The van der Waals surface area contributed by atoms with E-state index < -0.39 is 0 Å². The van der Waals surface area contributed by atoms with Crippen molar-refractivity contribution in [2.45, 2.75) is 19.9 Å². The van der Waals surface area contributed by atoms with Crippen LogP contribution in [0.5, 0.6) is 0 Å². The van der Waals surface area contributed by atoms with Crippen LogP contribution in [-0.4, -0.2) is 9.36 Å². The van der Waals surface area contributed by atoms with Crippen LogP contribution in [0.2, 0.25) is 0 Å². The average molecular weight is 375 g/mol. The van der Waals surface area contributed by atoms with Crippen molar-refractivity contribution in [2.24, 2.45) is 0 Å². The summed E-state index contributed by atoms with van der Waals surface area (Å²) in [6, 6.07) is 13.7. The quantitative estimate of drug-likeness (QED) is 0.654. The van der Waals surface area contributed by atoms with Crippen LogP contribution in [0.25, 0.3) is 16.8 Å². The number of aromatic nitrogens is 2. The molecule has 0 saturated carbocycles. The fourth-order valence-corrected chi connectivity index (χ4v) is 3.06. The van der Waals surface area contributed by atoms with Crippen LogP contribution in [-0.2, 0) is 6.54 Å². The van der Waals surface area contributed by atoms with E-state index in [0.717, 1.165) is 16.6 Å². The maximum absolute atomic E-state index is 13.5. The molecule has 0 saturated heterocycles. The van der Waals surface area contributed by atoms with E-state index in [9.17, 15) is 9.18 Å². The summed E-state index contributed by atoms with van der Waals surface area (Å²) in [6.07, 6.45) is 2.68. The summed E-state index contributed by atoms with van der Waals surface area (Å²) in [5.41, 5.74) is 1.70. The summed E-state index contributed by atoms with van der Waals surface area (Å²) >= 11 is 3.50. The highest BCUT2D eigenvalue weighted by Gasteiger charge is 2.16. The minimum absolute atomic E-state index is 0.157. The third-order valence-electron chi connectivity index (χ3n) is 3.63. The topological polar surface area (TPSA) is 26.9 Å². The smallest absolute Gasteiger partial charge is 0.279 e. The molecular weight excluding hydrogens is 359 g/mol. The van der Waals surface area contributed by atoms with Gasteiger partial charge in [0.15, 0.2) is 0 Å². The van der Waals surface area contributed by atoms with E-state index in [-0.39, 0.29) is 11.4 Å². The van der Waals surface area contributed by atoms with E-state index in [1.54, 1.807) is 23.0 Å². The summed E-state index contributed by atoms with van der Waals surface area (Å²) in [7, 11) is 0. The fraction of sp³-hybridized carbons (Fsp3) is 0.167. The van der Waals surface area contributed by atoms with Gasteiger partial charge in [-0.2, -0.15) is 0 Å². The number of aryl methyl sites for hydroxylation is 1. The number of nitrogens with zero attached hydrogens (tertiary/aromatic N) is 2. The Kier molecular flexibility index (Phi) is 4.48. The van der Waals surface area contributed by atoms with Crippen LogP contribution in [0.4, 0.5) is 4.39 Å². The first kappa shape index (κ1) is 15.7. The van der Waals surface area contributed by atoms with Gasteiger partial charge in [-0.05, 0) is 52.2 Å². The number of hydrogen-bond donors (Lipinski definition) is 0. The third kappa shape index (κ3) is 3.01. The van der Waals surface area contributed by atoms with Crippen molar-refractivity contribution >= 4 is 15.9 Å². The lowest BCUT2D eigenvalue weighted by Crippen LogP contribution is -2.22. The standard InChI is InChI=1S/C18H16BrFN2O/c1-2-10-21-12-15(13-6-5-7-14(20)11-13)18(23)22(21)17-9-4-3-8-16(17)19/h3-9,11-12H,2,10H2,1H3. The van der Waals surface area contributed by atoms with Gasteiger partial charge in [-0.25, -0.2) is 9.07 Å². The van der Waals surface area contributed by atoms with Gasteiger partial charge in [-0.1, -0.05) is 31.2 Å². The molecule has 5 heteroatoms. The van der Waals surface area contributed by atoms with Gasteiger partial charge in [0, 0.05) is 17.2 Å². The van der Waals surface area contributed by atoms with Gasteiger partial charge < -0.3 is 0 Å². The predicted molar refractivity (Wildman–Crippen MR) is 93.4 cm³/mol. The number of hydrogen-bond acceptors (Lipinski definition) is 1. The molecule has 0 unspecified atom stereocenters. The lowest BCUT2D eigenvalue weighted by atomic mass is 10.1. The summed E-state index contributed by atoms with van der Waals surface area (Å²) in [4.78, 5) is 12.9. The maximum atomic E-state index is 13.5. The highest BCUT2D eigenvalue weighted by atomic mass is 79.9. The number of para-hydroxylation sites is 1. The molecule has 0 aliphatic rings. The SMILES string of the molecule is CCCn1cc(-c2cccc(F)c2)c(=O)n1-c1ccccc1Br. The number of benzene rings is 2. The van der Waals surface area contributed by atoms with Crippen molar-refractivity contribution in [3.05, 3.63) is 75.4 Å². The molecule has 1 heterocycles. The normalized spacial score (nSPS) is 10.9. The van der Waals surface area contributed by atoms with Gasteiger partial charge in [-0.3, -0.25) is 9.48 Å². The summed E-state index contributed by atoms with van der Waals surface area (Å²) < 4.78 is 17.9. The van der Waals surface area contributed by atoms with Crippen LogP contribution in [0.15, 0.2) is 64.0 Å². The molecule has 0 radical (unpaired) electrons. The predicted octanol–water partition coefficient (Wildman–Crippen LogP) is 4.62. The molecule has 3 rings (SSSR count). The molecule has 0 bridgehead atoms. The van der Waals surface area contributed by atoms with Crippen molar-refractivity contribution in [3.8, 4) is 16.8 Å². The van der Waals surface area contributed by atoms with Crippen molar-refractivity contribution in [1.82, 2.24) is 9.36 Å². The Morgan fingerprint density at radius 2 is 1.91 bits per heavy atom. The average Bonchev–Trinajstić information content (AvgIpc) is 2.85. The summed E-state index contributed by atoms with van der Waals surface area (Å²) in [6.45, 7) is 2.75.